The number of carbonyl (C=O) groups excluding carboxylic acids is 1. The van der Waals surface area contributed by atoms with Gasteiger partial charge in [0.25, 0.3) is 5.91 Å². The quantitative estimate of drug-likeness (QED) is 0.549. The monoisotopic (exact) mass is 275 g/mol. The summed E-state index contributed by atoms with van der Waals surface area (Å²) in [6, 6.07) is 7.64. The molecule has 0 saturated heterocycles. The Morgan fingerprint density at radius 2 is 1.63 bits per heavy atom. The van der Waals surface area contributed by atoms with Crippen molar-refractivity contribution in [3.63, 3.8) is 0 Å². The van der Waals surface area contributed by atoms with Gasteiger partial charge in [-0.1, -0.05) is 69.4 Å². The SMILES string of the molecule is CCCCCCCCN1C(=O)c2ccccc2C1=S. The van der Waals surface area contributed by atoms with Crippen molar-refractivity contribution in [1.29, 1.82) is 0 Å². The Balaban J connectivity index is 1.83. The van der Waals surface area contributed by atoms with Crippen LogP contribution in [-0.2, 0) is 0 Å². The zero-order valence-electron chi connectivity index (χ0n) is 11.5. The Hall–Kier alpha value is -1.22. The average Bonchev–Trinajstić information content (AvgIpc) is 2.68. The van der Waals surface area contributed by atoms with Crippen molar-refractivity contribution in [1.82, 2.24) is 4.90 Å². The van der Waals surface area contributed by atoms with Crippen molar-refractivity contribution in [3.8, 4) is 0 Å². The van der Waals surface area contributed by atoms with Gasteiger partial charge in [-0.2, -0.15) is 0 Å². The molecule has 0 atom stereocenters. The van der Waals surface area contributed by atoms with Gasteiger partial charge in [0, 0.05) is 12.1 Å². The largest absolute Gasteiger partial charge is 0.298 e. The fourth-order valence-electron chi connectivity index (χ4n) is 2.49. The summed E-state index contributed by atoms with van der Waals surface area (Å²) in [5, 5.41) is 0. The highest BCUT2D eigenvalue weighted by molar-refractivity contribution is 7.80. The van der Waals surface area contributed by atoms with Crippen LogP contribution < -0.4 is 0 Å². The number of hydrogen-bond donors (Lipinski definition) is 0. The minimum absolute atomic E-state index is 0.0779. The van der Waals surface area contributed by atoms with E-state index >= 15 is 0 Å². The van der Waals surface area contributed by atoms with Crippen molar-refractivity contribution in [2.75, 3.05) is 6.54 Å². The topological polar surface area (TPSA) is 20.3 Å². The number of nitrogens with zero attached hydrogens (tertiary/aromatic N) is 1. The summed E-state index contributed by atoms with van der Waals surface area (Å²) in [5.41, 5.74) is 1.69. The van der Waals surface area contributed by atoms with Crippen LogP contribution in [0.3, 0.4) is 0 Å². The molecule has 3 heteroatoms. The number of benzene rings is 1. The molecule has 1 aromatic carbocycles. The predicted octanol–water partition coefficient (Wildman–Crippen LogP) is 4.18. The Kier molecular flexibility index (Phi) is 5.08. The second-order valence-electron chi connectivity index (χ2n) is 5.08. The Morgan fingerprint density at radius 3 is 2.32 bits per heavy atom. The first-order valence-corrected chi connectivity index (χ1v) is 7.61. The average molecular weight is 275 g/mol. The molecule has 0 aliphatic carbocycles. The zero-order chi connectivity index (χ0) is 13.7. The van der Waals surface area contributed by atoms with Crippen LogP contribution in [0, 0.1) is 0 Å². The summed E-state index contributed by atoms with van der Waals surface area (Å²) in [5.74, 6) is 0.0779. The summed E-state index contributed by atoms with van der Waals surface area (Å²) in [6.07, 6.45) is 7.37. The third-order valence-electron chi connectivity index (χ3n) is 3.61. The maximum Gasteiger partial charge on any atom is 0.259 e. The third-order valence-corrected chi connectivity index (χ3v) is 4.05. The molecule has 19 heavy (non-hydrogen) atoms. The zero-order valence-corrected chi connectivity index (χ0v) is 12.3. The van der Waals surface area contributed by atoms with Crippen molar-refractivity contribution in [2.45, 2.75) is 45.4 Å². The minimum Gasteiger partial charge on any atom is -0.298 e. The van der Waals surface area contributed by atoms with Crippen LogP contribution in [0.15, 0.2) is 24.3 Å². The van der Waals surface area contributed by atoms with Crippen molar-refractivity contribution >= 4 is 23.1 Å². The van der Waals surface area contributed by atoms with E-state index in [1.165, 1.54) is 32.1 Å². The summed E-state index contributed by atoms with van der Waals surface area (Å²) in [4.78, 5) is 14.7. The van der Waals surface area contributed by atoms with Gasteiger partial charge in [0.05, 0.1) is 5.56 Å². The molecule has 0 radical (unpaired) electrons. The molecule has 0 spiro atoms. The summed E-state index contributed by atoms with van der Waals surface area (Å²) < 4.78 is 0. The molecule has 0 aromatic heterocycles. The summed E-state index contributed by atoms with van der Waals surface area (Å²) in [7, 11) is 0. The van der Waals surface area contributed by atoms with E-state index in [4.69, 9.17) is 12.2 Å². The Labute approximate surface area is 120 Å². The molecular formula is C16H21NOS. The van der Waals surface area contributed by atoms with Crippen molar-refractivity contribution < 1.29 is 4.79 Å². The maximum absolute atomic E-state index is 12.2. The van der Waals surface area contributed by atoms with Gasteiger partial charge in [0.15, 0.2) is 0 Å². The number of rotatable bonds is 7. The molecule has 102 valence electrons. The van der Waals surface area contributed by atoms with Gasteiger partial charge in [-0.15, -0.1) is 0 Å². The highest BCUT2D eigenvalue weighted by Crippen LogP contribution is 2.23. The van der Waals surface area contributed by atoms with Gasteiger partial charge < -0.3 is 0 Å². The molecule has 1 aromatic rings. The molecule has 0 saturated carbocycles. The van der Waals surface area contributed by atoms with Gasteiger partial charge in [-0.25, -0.2) is 0 Å². The Morgan fingerprint density at radius 1 is 1.00 bits per heavy atom. The smallest absolute Gasteiger partial charge is 0.259 e. The summed E-state index contributed by atoms with van der Waals surface area (Å²) >= 11 is 5.40. The first kappa shape index (κ1) is 14.2. The number of amides is 1. The molecular weight excluding hydrogens is 254 g/mol. The third kappa shape index (κ3) is 3.21. The van der Waals surface area contributed by atoms with Gasteiger partial charge in [-0.05, 0) is 12.5 Å². The van der Waals surface area contributed by atoms with Crippen LogP contribution in [-0.4, -0.2) is 22.3 Å². The van der Waals surface area contributed by atoms with Crippen LogP contribution >= 0.6 is 12.2 Å². The van der Waals surface area contributed by atoms with Crippen LogP contribution in [0.4, 0.5) is 0 Å². The van der Waals surface area contributed by atoms with E-state index in [-0.39, 0.29) is 5.91 Å². The number of unbranched alkanes of at least 4 members (excludes halogenated alkanes) is 5. The van der Waals surface area contributed by atoms with Crippen LogP contribution in [0.1, 0.15) is 61.4 Å². The highest BCUT2D eigenvalue weighted by atomic mass is 32.1. The van der Waals surface area contributed by atoms with Gasteiger partial charge in [0.2, 0.25) is 0 Å². The van der Waals surface area contributed by atoms with E-state index in [9.17, 15) is 4.79 Å². The molecule has 0 bridgehead atoms. The van der Waals surface area contributed by atoms with Gasteiger partial charge in [0.1, 0.15) is 4.99 Å². The number of carbonyl (C=O) groups is 1. The predicted molar refractivity (Wildman–Crippen MR) is 82.6 cm³/mol. The number of hydrogen-bond acceptors (Lipinski definition) is 2. The lowest BCUT2D eigenvalue weighted by Crippen LogP contribution is -2.30. The van der Waals surface area contributed by atoms with E-state index in [0.29, 0.717) is 4.99 Å². The molecule has 1 aliphatic rings. The number of thiocarbonyl (C=S) groups is 1. The lowest BCUT2D eigenvalue weighted by atomic mass is 10.1. The first-order chi connectivity index (χ1) is 9.25. The molecule has 1 aliphatic heterocycles. The molecule has 0 N–H and O–H groups in total. The molecule has 2 rings (SSSR count). The lowest BCUT2D eigenvalue weighted by molar-refractivity contribution is 0.0860. The van der Waals surface area contributed by atoms with Crippen LogP contribution in [0.5, 0.6) is 0 Å². The van der Waals surface area contributed by atoms with Gasteiger partial charge >= 0.3 is 0 Å². The number of fused-ring (bicyclic) bond motifs is 1. The second-order valence-corrected chi connectivity index (χ2v) is 5.46. The van der Waals surface area contributed by atoms with E-state index in [0.717, 1.165) is 24.1 Å². The van der Waals surface area contributed by atoms with Crippen molar-refractivity contribution in [3.05, 3.63) is 35.4 Å². The maximum atomic E-state index is 12.2. The minimum atomic E-state index is 0.0779. The van der Waals surface area contributed by atoms with E-state index in [1.54, 1.807) is 4.90 Å². The molecule has 1 heterocycles. The van der Waals surface area contributed by atoms with Crippen molar-refractivity contribution in [2.24, 2.45) is 0 Å². The normalized spacial score (nSPS) is 14.1. The van der Waals surface area contributed by atoms with E-state index in [2.05, 4.69) is 6.92 Å². The van der Waals surface area contributed by atoms with Gasteiger partial charge in [-0.3, -0.25) is 9.69 Å². The molecule has 2 nitrogen and oxygen atoms in total. The van der Waals surface area contributed by atoms with E-state index < -0.39 is 0 Å². The summed E-state index contributed by atoms with van der Waals surface area (Å²) in [6.45, 7) is 2.98. The molecule has 1 amide bonds. The fraction of sp³-hybridized carbons (Fsp3) is 0.500. The molecule has 0 unspecified atom stereocenters. The Bertz CT molecular complexity index is 435. The fourth-order valence-corrected chi connectivity index (χ4v) is 2.84. The molecule has 0 fully saturated rings. The second kappa shape index (κ2) is 6.80. The van der Waals surface area contributed by atoms with E-state index in [1.807, 2.05) is 24.3 Å². The standard InChI is InChI=1S/C16H21NOS/c1-2-3-4-5-6-9-12-17-15(18)13-10-7-8-11-14(13)16(17)19/h7-8,10-11H,2-6,9,12H2,1H3. The van der Waals surface area contributed by atoms with Crippen LogP contribution in [0.2, 0.25) is 0 Å². The lowest BCUT2D eigenvalue weighted by Gasteiger charge is -2.15. The first-order valence-electron chi connectivity index (χ1n) is 7.21. The van der Waals surface area contributed by atoms with Crippen LogP contribution in [0.25, 0.3) is 0 Å². The highest BCUT2D eigenvalue weighted by Gasteiger charge is 2.31.